The molecule has 0 saturated carbocycles. The van der Waals surface area contributed by atoms with Crippen molar-refractivity contribution in [2.24, 2.45) is 0 Å². The Morgan fingerprint density at radius 3 is 2.42 bits per heavy atom. The summed E-state index contributed by atoms with van der Waals surface area (Å²) < 4.78 is 12.8. The SMILES string of the molecule is C=CCN(Cc1ccc(F)cc1)C(=O)/C=C/C(=O)O. The van der Waals surface area contributed by atoms with Crippen molar-refractivity contribution in [3.05, 3.63) is 60.5 Å². The van der Waals surface area contributed by atoms with Crippen LogP contribution in [0, 0.1) is 5.82 Å². The minimum absolute atomic E-state index is 0.259. The average molecular weight is 263 g/mol. The van der Waals surface area contributed by atoms with Crippen molar-refractivity contribution in [1.29, 1.82) is 0 Å². The van der Waals surface area contributed by atoms with Gasteiger partial charge in [0.15, 0.2) is 0 Å². The van der Waals surface area contributed by atoms with Crippen LogP contribution in [0.2, 0.25) is 0 Å². The number of halogens is 1. The molecule has 0 unspecified atom stereocenters. The lowest BCUT2D eigenvalue weighted by molar-refractivity contribution is -0.132. The molecule has 4 nitrogen and oxygen atoms in total. The zero-order valence-electron chi connectivity index (χ0n) is 10.3. The first-order valence-corrected chi connectivity index (χ1v) is 5.58. The predicted molar refractivity (Wildman–Crippen MR) is 68.8 cm³/mol. The lowest BCUT2D eigenvalue weighted by Gasteiger charge is -2.19. The van der Waals surface area contributed by atoms with Gasteiger partial charge in [-0.25, -0.2) is 9.18 Å². The van der Waals surface area contributed by atoms with Gasteiger partial charge in [-0.3, -0.25) is 4.79 Å². The topological polar surface area (TPSA) is 57.6 Å². The van der Waals surface area contributed by atoms with E-state index in [9.17, 15) is 14.0 Å². The van der Waals surface area contributed by atoms with E-state index in [-0.39, 0.29) is 18.9 Å². The van der Waals surface area contributed by atoms with Crippen molar-refractivity contribution in [3.8, 4) is 0 Å². The van der Waals surface area contributed by atoms with E-state index < -0.39 is 11.9 Å². The second kappa shape index (κ2) is 7.10. The number of aliphatic carboxylic acids is 1. The van der Waals surface area contributed by atoms with Crippen LogP contribution < -0.4 is 0 Å². The van der Waals surface area contributed by atoms with Gasteiger partial charge in [0.25, 0.3) is 0 Å². The summed E-state index contributed by atoms with van der Waals surface area (Å²) in [7, 11) is 0. The van der Waals surface area contributed by atoms with E-state index in [0.29, 0.717) is 0 Å². The van der Waals surface area contributed by atoms with Gasteiger partial charge < -0.3 is 10.0 Å². The third kappa shape index (κ3) is 5.16. The first kappa shape index (κ1) is 14.6. The molecule has 0 spiro atoms. The Morgan fingerprint density at radius 1 is 1.26 bits per heavy atom. The summed E-state index contributed by atoms with van der Waals surface area (Å²) in [6.07, 6.45) is 3.30. The highest BCUT2D eigenvalue weighted by atomic mass is 19.1. The molecule has 1 aromatic carbocycles. The molecule has 1 N–H and O–H groups in total. The summed E-state index contributed by atoms with van der Waals surface area (Å²) >= 11 is 0. The van der Waals surface area contributed by atoms with Crippen LogP contribution in [0.5, 0.6) is 0 Å². The van der Waals surface area contributed by atoms with Gasteiger partial charge in [-0.05, 0) is 17.7 Å². The Morgan fingerprint density at radius 2 is 1.89 bits per heavy atom. The van der Waals surface area contributed by atoms with Gasteiger partial charge in [-0.15, -0.1) is 6.58 Å². The highest BCUT2D eigenvalue weighted by molar-refractivity contribution is 5.93. The van der Waals surface area contributed by atoms with Crippen LogP contribution in [-0.4, -0.2) is 28.4 Å². The average Bonchev–Trinajstić information content (AvgIpc) is 2.38. The first-order chi connectivity index (χ1) is 9.02. The van der Waals surface area contributed by atoms with E-state index in [2.05, 4.69) is 6.58 Å². The second-order valence-corrected chi connectivity index (χ2v) is 3.81. The van der Waals surface area contributed by atoms with Gasteiger partial charge >= 0.3 is 5.97 Å². The van der Waals surface area contributed by atoms with Crippen molar-refractivity contribution >= 4 is 11.9 Å². The smallest absolute Gasteiger partial charge is 0.328 e. The number of hydrogen-bond donors (Lipinski definition) is 1. The van der Waals surface area contributed by atoms with E-state index in [1.54, 1.807) is 12.1 Å². The zero-order valence-corrected chi connectivity index (χ0v) is 10.3. The minimum atomic E-state index is -1.19. The molecular formula is C14H14FNO3. The number of carboxylic acid groups (broad SMARTS) is 1. The third-order valence-corrected chi connectivity index (χ3v) is 2.32. The largest absolute Gasteiger partial charge is 0.478 e. The van der Waals surface area contributed by atoms with Gasteiger partial charge in [0, 0.05) is 25.2 Å². The molecule has 0 fully saturated rings. The van der Waals surface area contributed by atoms with Crippen LogP contribution in [0.25, 0.3) is 0 Å². The van der Waals surface area contributed by atoms with Gasteiger partial charge in [-0.2, -0.15) is 0 Å². The van der Waals surface area contributed by atoms with Crippen LogP contribution in [-0.2, 0) is 16.1 Å². The Bertz CT molecular complexity index is 494. The first-order valence-electron chi connectivity index (χ1n) is 5.58. The third-order valence-electron chi connectivity index (χ3n) is 2.32. The number of amides is 1. The predicted octanol–water partition coefficient (Wildman–Crippen LogP) is 1.98. The second-order valence-electron chi connectivity index (χ2n) is 3.81. The molecule has 0 atom stereocenters. The lowest BCUT2D eigenvalue weighted by Crippen LogP contribution is -2.29. The van der Waals surface area contributed by atoms with E-state index in [1.165, 1.54) is 23.1 Å². The van der Waals surface area contributed by atoms with Gasteiger partial charge in [-0.1, -0.05) is 18.2 Å². The fourth-order valence-electron chi connectivity index (χ4n) is 1.45. The molecular weight excluding hydrogens is 249 g/mol. The summed E-state index contributed by atoms with van der Waals surface area (Å²) in [6.45, 7) is 4.08. The number of carbonyl (C=O) groups excluding carboxylic acids is 1. The highest BCUT2D eigenvalue weighted by Gasteiger charge is 2.10. The Hall–Kier alpha value is -2.43. The van der Waals surface area contributed by atoms with Crippen LogP contribution in [0.3, 0.4) is 0 Å². The molecule has 0 bridgehead atoms. The van der Waals surface area contributed by atoms with Crippen molar-refractivity contribution < 1.29 is 19.1 Å². The van der Waals surface area contributed by atoms with E-state index >= 15 is 0 Å². The van der Waals surface area contributed by atoms with E-state index in [1.807, 2.05) is 0 Å². The van der Waals surface area contributed by atoms with Crippen LogP contribution in [0.4, 0.5) is 4.39 Å². The Balaban J connectivity index is 2.77. The van der Waals surface area contributed by atoms with Crippen molar-refractivity contribution in [1.82, 2.24) is 4.90 Å². The van der Waals surface area contributed by atoms with Crippen LogP contribution >= 0.6 is 0 Å². The van der Waals surface area contributed by atoms with Crippen molar-refractivity contribution in [2.45, 2.75) is 6.54 Å². The summed E-state index contributed by atoms with van der Waals surface area (Å²) in [5.74, 6) is -1.98. The van der Waals surface area contributed by atoms with Crippen LogP contribution in [0.15, 0.2) is 49.1 Å². The minimum Gasteiger partial charge on any atom is -0.478 e. The number of carbonyl (C=O) groups is 2. The molecule has 19 heavy (non-hydrogen) atoms. The molecule has 1 amide bonds. The molecule has 0 radical (unpaired) electrons. The summed E-state index contributed by atoms with van der Waals surface area (Å²) in [4.78, 5) is 23.5. The molecule has 0 aliphatic carbocycles. The van der Waals surface area contributed by atoms with Gasteiger partial charge in [0.05, 0.1) is 0 Å². The zero-order chi connectivity index (χ0) is 14.3. The molecule has 0 saturated heterocycles. The summed E-state index contributed by atoms with van der Waals surface area (Å²) in [5, 5.41) is 8.47. The molecule has 0 aromatic heterocycles. The van der Waals surface area contributed by atoms with Gasteiger partial charge in [0.2, 0.25) is 5.91 Å². The fourth-order valence-corrected chi connectivity index (χ4v) is 1.45. The summed E-state index contributed by atoms with van der Waals surface area (Å²) in [5.41, 5.74) is 0.750. The van der Waals surface area contributed by atoms with E-state index in [0.717, 1.165) is 17.7 Å². The number of hydrogen-bond acceptors (Lipinski definition) is 2. The molecule has 100 valence electrons. The monoisotopic (exact) mass is 263 g/mol. The molecule has 5 heteroatoms. The standard InChI is InChI=1S/C14H14FNO3/c1-2-9-16(13(17)7-8-14(18)19)10-11-3-5-12(15)6-4-11/h2-8H,1,9-10H2,(H,18,19)/b8-7+. The quantitative estimate of drug-likeness (QED) is 0.630. The molecule has 1 rings (SSSR count). The molecule has 0 heterocycles. The summed E-state index contributed by atoms with van der Waals surface area (Å²) in [6, 6.07) is 5.75. The Labute approximate surface area is 110 Å². The number of rotatable bonds is 6. The van der Waals surface area contributed by atoms with Crippen molar-refractivity contribution in [2.75, 3.05) is 6.54 Å². The van der Waals surface area contributed by atoms with Crippen molar-refractivity contribution in [3.63, 3.8) is 0 Å². The fraction of sp³-hybridized carbons (Fsp3) is 0.143. The molecule has 1 aromatic rings. The molecule has 0 aliphatic heterocycles. The normalized spacial score (nSPS) is 10.4. The lowest BCUT2D eigenvalue weighted by atomic mass is 10.2. The number of nitrogens with zero attached hydrogens (tertiary/aromatic N) is 1. The Kier molecular flexibility index (Phi) is 5.47. The van der Waals surface area contributed by atoms with E-state index in [4.69, 9.17) is 5.11 Å². The number of benzene rings is 1. The number of carboxylic acids is 1. The maximum atomic E-state index is 12.8. The van der Waals surface area contributed by atoms with Gasteiger partial charge in [0.1, 0.15) is 5.82 Å². The maximum Gasteiger partial charge on any atom is 0.328 e. The maximum absolute atomic E-state index is 12.8. The van der Waals surface area contributed by atoms with Crippen LogP contribution in [0.1, 0.15) is 5.56 Å². The highest BCUT2D eigenvalue weighted by Crippen LogP contribution is 2.07. The molecule has 0 aliphatic rings.